The van der Waals surface area contributed by atoms with E-state index in [1.165, 1.54) is 12.0 Å². The van der Waals surface area contributed by atoms with Gasteiger partial charge in [-0.3, -0.25) is 0 Å². The predicted molar refractivity (Wildman–Crippen MR) is 73.7 cm³/mol. The lowest BCUT2D eigenvalue weighted by Crippen LogP contribution is -2.33. The van der Waals surface area contributed by atoms with Gasteiger partial charge in [-0.15, -0.1) is 0 Å². The van der Waals surface area contributed by atoms with E-state index in [1.807, 2.05) is 6.07 Å². The number of aromatic nitrogens is 2. The molecule has 0 saturated heterocycles. The van der Waals surface area contributed by atoms with E-state index in [2.05, 4.69) is 52.1 Å². The van der Waals surface area contributed by atoms with Crippen LogP contribution in [0.1, 0.15) is 37.3 Å². The van der Waals surface area contributed by atoms with Crippen LogP contribution in [0.3, 0.4) is 0 Å². The van der Waals surface area contributed by atoms with E-state index in [0.717, 1.165) is 25.8 Å². The molecule has 0 amide bonds. The molecular weight excluding hydrogens is 236 g/mol. The van der Waals surface area contributed by atoms with Gasteiger partial charge >= 0.3 is 0 Å². The first-order valence-electron chi connectivity index (χ1n) is 7.11. The van der Waals surface area contributed by atoms with E-state index in [-0.39, 0.29) is 12.1 Å². The summed E-state index contributed by atoms with van der Waals surface area (Å²) in [4.78, 5) is 0. The second-order valence-electron chi connectivity index (χ2n) is 5.44. The SMILES string of the molecule is O[C@H]1CCCC[C@@H]1n1cc[n+](Cc2ccccc2)c1. The van der Waals surface area contributed by atoms with Gasteiger partial charge < -0.3 is 5.11 Å². The molecule has 0 unspecified atom stereocenters. The Labute approximate surface area is 114 Å². The molecule has 100 valence electrons. The van der Waals surface area contributed by atoms with Crippen LogP contribution < -0.4 is 4.57 Å². The number of nitrogens with zero attached hydrogens (tertiary/aromatic N) is 2. The fourth-order valence-electron chi connectivity index (χ4n) is 2.93. The number of aliphatic hydroxyl groups excluding tert-OH is 1. The summed E-state index contributed by atoms with van der Waals surface area (Å²) in [5.74, 6) is 0. The van der Waals surface area contributed by atoms with Gasteiger partial charge in [0.25, 0.3) is 0 Å². The number of aliphatic hydroxyl groups is 1. The van der Waals surface area contributed by atoms with Crippen molar-refractivity contribution in [3.05, 3.63) is 54.6 Å². The molecule has 0 spiro atoms. The van der Waals surface area contributed by atoms with Crippen molar-refractivity contribution in [3.8, 4) is 0 Å². The summed E-state index contributed by atoms with van der Waals surface area (Å²) in [6, 6.07) is 10.7. The first kappa shape index (κ1) is 12.4. The minimum atomic E-state index is -0.189. The van der Waals surface area contributed by atoms with Crippen LogP contribution in [0, 0.1) is 0 Å². The van der Waals surface area contributed by atoms with Crippen molar-refractivity contribution < 1.29 is 9.67 Å². The van der Waals surface area contributed by atoms with Crippen LogP contribution in [0.15, 0.2) is 49.1 Å². The van der Waals surface area contributed by atoms with E-state index < -0.39 is 0 Å². The van der Waals surface area contributed by atoms with E-state index in [0.29, 0.717) is 0 Å². The molecule has 3 heteroatoms. The van der Waals surface area contributed by atoms with Crippen LogP contribution in [-0.2, 0) is 6.54 Å². The molecule has 1 aromatic carbocycles. The van der Waals surface area contributed by atoms with E-state index in [4.69, 9.17) is 0 Å². The molecule has 1 saturated carbocycles. The lowest BCUT2D eigenvalue weighted by atomic mass is 9.92. The Bertz CT molecular complexity index is 521. The van der Waals surface area contributed by atoms with Gasteiger partial charge in [-0.05, 0) is 24.8 Å². The van der Waals surface area contributed by atoms with Gasteiger partial charge in [0.05, 0.1) is 6.10 Å². The van der Waals surface area contributed by atoms with Crippen LogP contribution in [0.5, 0.6) is 0 Å². The summed E-state index contributed by atoms with van der Waals surface area (Å²) in [6.45, 7) is 0.886. The van der Waals surface area contributed by atoms with Gasteiger partial charge in [-0.1, -0.05) is 36.8 Å². The van der Waals surface area contributed by atoms with Gasteiger partial charge in [0.15, 0.2) is 0 Å². The van der Waals surface area contributed by atoms with Gasteiger partial charge in [0.1, 0.15) is 25.0 Å². The normalized spacial score (nSPS) is 23.4. The maximum Gasteiger partial charge on any atom is 0.244 e. The number of benzene rings is 1. The molecule has 0 radical (unpaired) electrons. The maximum absolute atomic E-state index is 10.1. The topological polar surface area (TPSA) is 29.0 Å². The average molecular weight is 257 g/mol. The molecule has 2 atom stereocenters. The van der Waals surface area contributed by atoms with Crippen LogP contribution in [0.4, 0.5) is 0 Å². The predicted octanol–water partition coefficient (Wildman–Crippen LogP) is 2.30. The number of hydrogen-bond acceptors (Lipinski definition) is 1. The third-order valence-corrected chi connectivity index (χ3v) is 4.00. The van der Waals surface area contributed by atoms with Gasteiger partial charge in [-0.2, -0.15) is 0 Å². The molecule has 1 heterocycles. The van der Waals surface area contributed by atoms with Crippen molar-refractivity contribution in [1.82, 2.24) is 4.57 Å². The summed E-state index contributed by atoms with van der Waals surface area (Å²) in [6.07, 6.45) is 10.5. The van der Waals surface area contributed by atoms with E-state index >= 15 is 0 Å². The Kier molecular flexibility index (Phi) is 3.65. The summed E-state index contributed by atoms with van der Waals surface area (Å²) >= 11 is 0. The lowest BCUT2D eigenvalue weighted by molar-refractivity contribution is -0.688. The number of hydrogen-bond donors (Lipinski definition) is 1. The van der Waals surface area contributed by atoms with Crippen LogP contribution in [-0.4, -0.2) is 15.8 Å². The molecule has 1 fully saturated rings. The Morgan fingerprint density at radius 1 is 1.16 bits per heavy atom. The van der Waals surface area contributed by atoms with Crippen molar-refractivity contribution in [1.29, 1.82) is 0 Å². The molecule has 3 rings (SSSR count). The summed E-state index contributed by atoms with van der Waals surface area (Å²) in [7, 11) is 0. The molecule has 1 aromatic heterocycles. The number of rotatable bonds is 3. The highest BCUT2D eigenvalue weighted by Crippen LogP contribution is 2.27. The van der Waals surface area contributed by atoms with Crippen molar-refractivity contribution in [2.24, 2.45) is 0 Å². The minimum absolute atomic E-state index is 0.189. The summed E-state index contributed by atoms with van der Waals surface area (Å²) < 4.78 is 4.35. The van der Waals surface area contributed by atoms with Crippen molar-refractivity contribution in [2.75, 3.05) is 0 Å². The second-order valence-corrected chi connectivity index (χ2v) is 5.44. The molecule has 3 nitrogen and oxygen atoms in total. The average Bonchev–Trinajstić information content (AvgIpc) is 2.89. The zero-order chi connectivity index (χ0) is 13.1. The summed E-state index contributed by atoms with van der Waals surface area (Å²) in [5.41, 5.74) is 1.30. The molecule has 0 bridgehead atoms. The maximum atomic E-state index is 10.1. The van der Waals surface area contributed by atoms with Crippen LogP contribution in [0.25, 0.3) is 0 Å². The van der Waals surface area contributed by atoms with Gasteiger partial charge in [0, 0.05) is 0 Å². The summed E-state index contributed by atoms with van der Waals surface area (Å²) in [5, 5.41) is 10.1. The van der Waals surface area contributed by atoms with E-state index in [9.17, 15) is 5.11 Å². The van der Waals surface area contributed by atoms with Gasteiger partial charge in [-0.25, -0.2) is 9.13 Å². The second kappa shape index (κ2) is 5.57. The Morgan fingerprint density at radius 3 is 2.74 bits per heavy atom. The highest BCUT2D eigenvalue weighted by atomic mass is 16.3. The minimum Gasteiger partial charge on any atom is -0.389 e. The Hall–Kier alpha value is -1.61. The molecule has 0 aliphatic heterocycles. The third-order valence-electron chi connectivity index (χ3n) is 4.00. The van der Waals surface area contributed by atoms with Gasteiger partial charge in [0.2, 0.25) is 6.33 Å². The molecule has 2 aromatic rings. The van der Waals surface area contributed by atoms with Crippen LogP contribution in [0.2, 0.25) is 0 Å². The molecular formula is C16H21N2O+. The van der Waals surface area contributed by atoms with E-state index in [1.54, 1.807) is 0 Å². The molecule has 1 aliphatic carbocycles. The largest absolute Gasteiger partial charge is 0.389 e. The monoisotopic (exact) mass is 257 g/mol. The lowest BCUT2D eigenvalue weighted by Gasteiger charge is -2.24. The highest BCUT2D eigenvalue weighted by molar-refractivity contribution is 5.13. The van der Waals surface area contributed by atoms with Crippen molar-refractivity contribution in [3.63, 3.8) is 0 Å². The van der Waals surface area contributed by atoms with Crippen LogP contribution >= 0.6 is 0 Å². The Balaban J connectivity index is 1.72. The number of imidazole rings is 1. The first-order valence-corrected chi connectivity index (χ1v) is 7.11. The zero-order valence-corrected chi connectivity index (χ0v) is 11.2. The molecule has 1 aliphatic rings. The smallest absolute Gasteiger partial charge is 0.244 e. The third kappa shape index (κ3) is 2.87. The zero-order valence-electron chi connectivity index (χ0n) is 11.2. The fraction of sp³-hybridized carbons (Fsp3) is 0.438. The van der Waals surface area contributed by atoms with Crippen molar-refractivity contribution in [2.45, 2.75) is 44.4 Å². The quantitative estimate of drug-likeness (QED) is 0.840. The molecule has 19 heavy (non-hydrogen) atoms. The fourth-order valence-corrected chi connectivity index (χ4v) is 2.93. The highest BCUT2D eigenvalue weighted by Gasteiger charge is 2.28. The molecule has 1 N–H and O–H groups in total. The standard InChI is InChI=1S/C16H21N2O/c19-16-9-5-4-8-15(16)18-11-10-17(13-18)12-14-6-2-1-3-7-14/h1-3,6-7,10-11,13,15-16,19H,4-5,8-9,12H2/q+1/t15-,16-/m0/s1. The Morgan fingerprint density at radius 2 is 1.95 bits per heavy atom. The first-order chi connectivity index (χ1) is 9.33. The van der Waals surface area contributed by atoms with Crippen molar-refractivity contribution >= 4 is 0 Å².